The summed E-state index contributed by atoms with van der Waals surface area (Å²) in [5.74, 6) is 0.489. The van der Waals surface area contributed by atoms with E-state index in [1.54, 1.807) is 17.0 Å². The number of ether oxygens (including phenoxy) is 3. The van der Waals surface area contributed by atoms with Gasteiger partial charge in [-0.05, 0) is 65.4 Å². The number of benzene rings is 2. The maximum atomic E-state index is 13.5. The van der Waals surface area contributed by atoms with Crippen molar-refractivity contribution in [3.8, 4) is 11.5 Å². The van der Waals surface area contributed by atoms with E-state index in [0.717, 1.165) is 18.6 Å². The Balaban J connectivity index is 1.63. The maximum Gasteiger partial charge on any atom is 0.506 e. The quantitative estimate of drug-likeness (QED) is 0.142. The van der Waals surface area contributed by atoms with Gasteiger partial charge in [0.2, 0.25) is 0 Å². The number of piperidine rings is 1. The Bertz CT molecular complexity index is 1210. The minimum absolute atomic E-state index is 0.254. The maximum absolute atomic E-state index is 13.5. The van der Waals surface area contributed by atoms with Crippen LogP contribution < -0.4 is 9.16 Å². The predicted octanol–water partition coefficient (Wildman–Crippen LogP) is 7.34. The number of aryl methyl sites for hydroxylation is 1. The zero-order valence-electron chi connectivity index (χ0n) is 26.6. The average molecular weight is 614 g/mol. The average Bonchev–Trinajstić information content (AvgIpc) is 2.97. The third-order valence-corrected chi connectivity index (χ3v) is 14.4. The van der Waals surface area contributed by atoms with Gasteiger partial charge in [0.1, 0.15) is 17.6 Å². The molecule has 0 aromatic heterocycles. The van der Waals surface area contributed by atoms with Crippen LogP contribution in [-0.2, 0) is 15.9 Å². The monoisotopic (exact) mass is 613 g/mol. The Morgan fingerprint density at radius 3 is 2.07 bits per heavy atom. The van der Waals surface area contributed by atoms with Crippen molar-refractivity contribution in [1.29, 1.82) is 0 Å². The molecular formula is C33H47NO8Si. The molecule has 2 aromatic carbocycles. The minimum atomic E-state index is -2.02. The second kappa shape index (κ2) is 15.3. The molecule has 1 aliphatic rings. The highest BCUT2D eigenvalue weighted by Gasteiger charge is 2.47. The summed E-state index contributed by atoms with van der Waals surface area (Å²) in [6, 6.07) is 13.0. The molecule has 2 aromatic rings. The van der Waals surface area contributed by atoms with Crippen molar-refractivity contribution in [3.05, 3.63) is 59.2 Å². The highest BCUT2D eigenvalue weighted by atomic mass is 28.4. The zero-order chi connectivity index (χ0) is 31.7. The van der Waals surface area contributed by atoms with Crippen molar-refractivity contribution in [1.82, 2.24) is 4.90 Å². The molecular weight excluding hydrogens is 566 g/mol. The summed E-state index contributed by atoms with van der Waals surface area (Å²) in [6.45, 7) is 14.7. The van der Waals surface area contributed by atoms with Crippen LogP contribution in [0.3, 0.4) is 0 Å². The van der Waals surface area contributed by atoms with Gasteiger partial charge >= 0.3 is 12.1 Å². The van der Waals surface area contributed by atoms with Crippen LogP contribution in [0.15, 0.2) is 42.5 Å². The van der Waals surface area contributed by atoms with Crippen LogP contribution in [0.2, 0.25) is 16.6 Å². The van der Waals surface area contributed by atoms with Crippen molar-refractivity contribution in [2.24, 2.45) is 0 Å². The summed E-state index contributed by atoms with van der Waals surface area (Å²) >= 11 is 0. The van der Waals surface area contributed by atoms with Crippen molar-refractivity contribution >= 4 is 26.3 Å². The van der Waals surface area contributed by atoms with Gasteiger partial charge in [0.25, 0.3) is 14.2 Å². The molecule has 43 heavy (non-hydrogen) atoms. The molecule has 0 atom stereocenters. The summed E-state index contributed by atoms with van der Waals surface area (Å²) in [4.78, 5) is 38.1. The molecule has 0 saturated carbocycles. The zero-order valence-corrected chi connectivity index (χ0v) is 27.6. The van der Waals surface area contributed by atoms with Gasteiger partial charge in [0.05, 0.1) is 24.8 Å². The fourth-order valence-electron chi connectivity index (χ4n) is 6.30. The fraction of sp³-hybridized carbons (Fsp3) is 0.545. The molecule has 0 aliphatic carbocycles. The lowest BCUT2D eigenvalue weighted by atomic mass is 10.0. The van der Waals surface area contributed by atoms with E-state index < -0.39 is 26.5 Å². The van der Waals surface area contributed by atoms with Crippen LogP contribution in [0.1, 0.15) is 87.1 Å². The Hall–Kier alpha value is -3.53. The first-order valence-electron chi connectivity index (χ1n) is 15.2. The summed E-state index contributed by atoms with van der Waals surface area (Å²) < 4.78 is 22.5. The number of methoxy groups -OCH3 is 1. The topological polar surface area (TPSA) is 112 Å². The van der Waals surface area contributed by atoms with Crippen molar-refractivity contribution in [2.75, 3.05) is 26.8 Å². The summed E-state index contributed by atoms with van der Waals surface area (Å²) in [7, 11) is -0.726. The fourth-order valence-corrected chi connectivity index (χ4v) is 11.5. The predicted molar refractivity (Wildman–Crippen MR) is 168 cm³/mol. The Labute approximate surface area is 256 Å². The van der Waals surface area contributed by atoms with E-state index in [9.17, 15) is 14.4 Å². The first-order valence-corrected chi connectivity index (χ1v) is 17.3. The van der Waals surface area contributed by atoms with E-state index in [-0.39, 0.29) is 17.0 Å². The standard InChI is InChI=1S/C33H47NO8Si/c1-22(2)43(23(3)4,24(5)6)42-28-13-10-25(11-14-28)9-8-20-40-30-15-12-26(32(36)39-7)21-29(30)31(35)34-18-16-27(17-19-34)41-33(37)38/h10-15,21-24,27H,8-9,16-20H2,1-7H3,(H,37,38). The van der Waals surface area contributed by atoms with Crippen LogP contribution in [-0.4, -0.2) is 69.3 Å². The van der Waals surface area contributed by atoms with E-state index in [1.807, 2.05) is 0 Å². The SMILES string of the molecule is COC(=O)c1ccc(OCCCc2ccc(O[Si](C(C)C)(C(C)C)C(C)C)cc2)c(C(=O)N2CCC(OC(=O)O)CC2)c1. The molecule has 1 N–H and O–H groups in total. The van der Waals surface area contributed by atoms with Gasteiger partial charge in [-0.2, -0.15) is 0 Å². The molecule has 1 fully saturated rings. The van der Waals surface area contributed by atoms with Gasteiger partial charge < -0.3 is 28.6 Å². The van der Waals surface area contributed by atoms with Gasteiger partial charge in [-0.15, -0.1) is 0 Å². The number of esters is 1. The van der Waals surface area contributed by atoms with Crippen LogP contribution >= 0.6 is 0 Å². The molecule has 1 amide bonds. The third-order valence-electron chi connectivity index (χ3n) is 8.42. The van der Waals surface area contributed by atoms with Crippen LogP contribution in [0.5, 0.6) is 11.5 Å². The van der Waals surface area contributed by atoms with Crippen LogP contribution in [0.4, 0.5) is 4.79 Å². The summed E-state index contributed by atoms with van der Waals surface area (Å²) in [6.07, 6.45) is 0.580. The lowest BCUT2D eigenvalue weighted by Gasteiger charge is -2.42. The van der Waals surface area contributed by atoms with E-state index in [1.165, 1.54) is 18.7 Å². The number of carbonyl (C=O) groups is 3. The number of nitrogens with zero attached hydrogens (tertiary/aromatic N) is 1. The molecule has 3 rings (SSSR count). The first-order chi connectivity index (χ1) is 20.4. The third kappa shape index (κ3) is 8.52. The largest absolute Gasteiger partial charge is 0.543 e. The van der Waals surface area contributed by atoms with Crippen molar-refractivity contribution in [3.63, 3.8) is 0 Å². The van der Waals surface area contributed by atoms with Gasteiger partial charge in [0, 0.05) is 25.9 Å². The van der Waals surface area contributed by atoms with Gasteiger partial charge in [-0.1, -0.05) is 53.7 Å². The lowest BCUT2D eigenvalue weighted by Crippen LogP contribution is -2.50. The number of carboxylic acid groups (broad SMARTS) is 1. The highest BCUT2D eigenvalue weighted by Crippen LogP contribution is 2.42. The number of carbonyl (C=O) groups excluding carboxylic acids is 2. The van der Waals surface area contributed by atoms with Gasteiger partial charge in [-0.3, -0.25) is 4.79 Å². The lowest BCUT2D eigenvalue weighted by molar-refractivity contribution is 0.0198. The number of likely N-dealkylation sites (tertiary alicyclic amines) is 1. The van der Waals surface area contributed by atoms with Gasteiger partial charge in [0.15, 0.2) is 0 Å². The van der Waals surface area contributed by atoms with E-state index in [4.69, 9.17) is 23.7 Å². The Morgan fingerprint density at radius 1 is 0.930 bits per heavy atom. The number of amides is 1. The molecule has 236 valence electrons. The van der Waals surface area contributed by atoms with Gasteiger partial charge in [-0.25, -0.2) is 9.59 Å². The molecule has 0 bridgehead atoms. The first kappa shape index (κ1) is 34.0. The molecule has 9 nitrogen and oxygen atoms in total. The number of rotatable bonds is 13. The Kier molecular flexibility index (Phi) is 12.1. The Morgan fingerprint density at radius 2 is 1.53 bits per heavy atom. The minimum Gasteiger partial charge on any atom is -0.543 e. The molecule has 1 heterocycles. The molecule has 1 saturated heterocycles. The van der Waals surface area contributed by atoms with Crippen LogP contribution in [0.25, 0.3) is 0 Å². The molecule has 0 unspecified atom stereocenters. The normalized spacial score (nSPS) is 14.2. The van der Waals surface area contributed by atoms with E-state index >= 15 is 0 Å². The van der Waals surface area contributed by atoms with E-state index in [2.05, 4.69) is 65.8 Å². The molecule has 10 heteroatoms. The highest BCUT2D eigenvalue weighted by molar-refractivity contribution is 6.78. The number of hydrogen-bond acceptors (Lipinski definition) is 7. The van der Waals surface area contributed by atoms with Crippen LogP contribution in [0, 0.1) is 0 Å². The second-order valence-corrected chi connectivity index (χ2v) is 17.5. The van der Waals surface area contributed by atoms with Crippen molar-refractivity contribution < 1.29 is 38.1 Å². The second-order valence-electron chi connectivity index (χ2n) is 12.1. The smallest absolute Gasteiger partial charge is 0.506 e. The number of hydrogen-bond donors (Lipinski definition) is 1. The molecule has 1 aliphatic heterocycles. The summed E-state index contributed by atoms with van der Waals surface area (Å²) in [5, 5.41) is 8.88. The molecule has 0 spiro atoms. The van der Waals surface area contributed by atoms with Crippen molar-refractivity contribution in [2.45, 2.75) is 90.0 Å². The molecule has 0 radical (unpaired) electrons. The summed E-state index contributed by atoms with van der Waals surface area (Å²) in [5.41, 5.74) is 3.20. The van der Waals surface area contributed by atoms with E-state index in [0.29, 0.717) is 54.9 Å².